The number of aromatic amines is 1. The maximum Gasteiger partial charge on any atom is 0.417 e. The Morgan fingerprint density at radius 2 is 2.05 bits per heavy atom. The minimum Gasteiger partial charge on any atom is -0.384 e. The molecule has 0 fully saturated rings. The van der Waals surface area contributed by atoms with Crippen LogP contribution in [0.3, 0.4) is 0 Å². The zero-order chi connectivity index (χ0) is 15.6. The molecule has 0 saturated carbocycles. The van der Waals surface area contributed by atoms with Crippen molar-refractivity contribution in [3.8, 4) is 0 Å². The minimum absolute atomic E-state index is 0.0688. The number of anilines is 2. The topological polar surface area (TPSA) is 101 Å². The molecule has 0 bridgehead atoms. The summed E-state index contributed by atoms with van der Waals surface area (Å²) in [5.74, 6) is -0.700. The van der Waals surface area contributed by atoms with E-state index in [1.165, 1.54) is 18.3 Å². The third kappa shape index (κ3) is 3.38. The first kappa shape index (κ1) is 14.6. The van der Waals surface area contributed by atoms with Crippen LogP contribution in [0.4, 0.5) is 24.7 Å². The number of hydrogen-bond donors (Lipinski definition) is 3. The quantitative estimate of drug-likeness (QED) is 0.784. The van der Waals surface area contributed by atoms with Crippen molar-refractivity contribution in [3.05, 3.63) is 52.1 Å². The Bertz CT molecular complexity index is 740. The number of H-pyrrole nitrogens is 1. The highest BCUT2D eigenvalue weighted by Crippen LogP contribution is 2.29. The molecule has 110 valence electrons. The number of nitrogens with one attached hydrogen (secondary N) is 2. The first-order valence-corrected chi connectivity index (χ1v) is 5.60. The molecule has 0 aliphatic rings. The highest BCUT2D eigenvalue weighted by atomic mass is 19.4. The van der Waals surface area contributed by atoms with Crippen LogP contribution in [0.25, 0.3) is 0 Å². The van der Waals surface area contributed by atoms with Crippen LogP contribution in [0.1, 0.15) is 15.9 Å². The molecule has 0 unspecified atom stereocenters. The minimum atomic E-state index is -4.63. The number of nitrogens with two attached hydrogens (primary N) is 1. The molecular weight excluding hydrogens is 289 g/mol. The standard InChI is InChI=1S/C12H9F3N4O2/c13-12(14,15)7-4-8(11(21)18-5-7)19-10(20)6-1-2-17-9(16)3-6/h1-5H,(H2,16,17)(H,18,21)(H,19,20). The smallest absolute Gasteiger partial charge is 0.384 e. The second-order valence-corrected chi connectivity index (χ2v) is 4.05. The van der Waals surface area contributed by atoms with Crippen LogP contribution in [-0.2, 0) is 6.18 Å². The fourth-order valence-corrected chi connectivity index (χ4v) is 1.52. The van der Waals surface area contributed by atoms with E-state index in [1.54, 1.807) is 0 Å². The Kier molecular flexibility index (Phi) is 3.66. The molecule has 0 aliphatic heterocycles. The van der Waals surface area contributed by atoms with E-state index >= 15 is 0 Å². The molecule has 4 N–H and O–H groups in total. The maximum absolute atomic E-state index is 12.6. The van der Waals surface area contributed by atoms with E-state index < -0.39 is 28.9 Å². The monoisotopic (exact) mass is 298 g/mol. The predicted octanol–water partition coefficient (Wildman–Crippen LogP) is 1.62. The number of pyridine rings is 2. The molecule has 21 heavy (non-hydrogen) atoms. The van der Waals surface area contributed by atoms with E-state index in [-0.39, 0.29) is 11.4 Å². The molecule has 0 radical (unpaired) electrons. The van der Waals surface area contributed by atoms with Crippen molar-refractivity contribution in [2.75, 3.05) is 11.1 Å². The van der Waals surface area contributed by atoms with E-state index in [0.717, 1.165) is 0 Å². The summed E-state index contributed by atoms with van der Waals surface area (Å²) in [6, 6.07) is 3.10. The second kappa shape index (κ2) is 5.27. The van der Waals surface area contributed by atoms with Crippen molar-refractivity contribution in [2.24, 2.45) is 0 Å². The summed E-state index contributed by atoms with van der Waals surface area (Å²) in [5, 5.41) is 2.10. The molecule has 2 heterocycles. The van der Waals surface area contributed by atoms with Crippen LogP contribution in [0.5, 0.6) is 0 Å². The van der Waals surface area contributed by atoms with Gasteiger partial charge in [-0.15, -0.1) is 0 Å². The third-order valence-corrected chi connectivity index (χ3v) is 2.52. The van der Waals surface area contributed by atoms with Crippen LogP contribution in [0, 0.1) is 0 Å². The predicted molar refractivity (Wildman–Crippen MR) is 68.7 cm³/mol. The Labute approximate surface area is 115 Å². The summed E-state index contributed by atoms with van der Waals surface area (Å²) >= 11 is 0. The van der Waals surface area contributed by atoms with Gasteiger partial charge in [0.05, 0.1) is 5.56 Å². The largest absolute Gasteiger partial charge is 0.417 e. The number of halogens is 3. The van der Waals surface area contributed by atoms with E-state index in [1.807, 2.05) is 4.98 Å². The lowest BCUT2D eigenvalue weighted by Crippen LogP contribution is -2.21. The van der Waals surface area contributed by atoms with Crippen LogP contribution < -0.4 is 16.6 Å². The van der Waals surface area contributed by atoms with E-state index in [0.29, 0.717) is 12.3 Å². The van der Waals surface area contributed by atoms with Crippen molar-refractivity contribution < 1.29 is 18.0 Å². The van der Waals surface area contributed by atoms with Gasteiger partial charge in [-0.25, -0.2) is 4.98 Å². The van der Waals surface area contributed by atoms with Gasteiger partial charge in [0, 0.05) is 18.0 Å². The summed E-state index contributed by atoms with van der Waals surface area (Å²) in [5.41, 5.74) is 3.03. The molecular formula is C12H9F3N4O2. The molecule has 0 spiro atoms. The molecule has 0 aliphatic carbocycles. The molecule has 0 saturated heterocycles. The van der Waals surface area contributed by atoms with Gasteiger partial charge in [-0.3, -0.25) is 9.59 Å². The van der Waals surface area contributed by atoms with Gasteiger partial charge in [-0.05, 0) is 18.2 Å². The number of hydrogen-bond acceptors (Lipinski definition) is 4. The molecule has 2 aromatic heterocycles. The molecule has 0 atom stereocenters. The summed E-state index contributed by atoms with van der Waals surface area (Å²) in [6.07, 6.45) is -2.84. The van der Waals surface area contributed by atoms with Crippen LogP contribution in [0.2, 0.25) is 0 Å². The van der Waals surface area contributed by atoms with Crippen molar-refractivity contribution in [2.45, 2.75) is 6.18 Å². The zero-order valence-corrected chi connectivity index (χ0v) is 10.4. The van der Waals surface area contributed by atoms with Gasteiger partial charge in [-0.2, -0.15) is 13.2 Å². The first-order chi connectivity index (χ1) is 9.77. The summed E-state index contributed by atoms with van der Waals surface area (Å²) in [7, 11) is 0. The average molecular weight is 298 g/mol. The average Bonchev–Trinajstić information content (AvgIpc) is 2.40. The van der Waals surface area contributed by atoms with E-state index in [9.17, 15) is 22.8 Å². The van der Waals surface area contributed by atoms with Gasteiger partial charge in [0.1, 0.15) is 11.5 Å². The van der Waals surface area contributed by atoms with Gasteiger partial charge < -0.3 is 16.0 Å². The van der Waals surface area contributed by atoms with Crippen LogP contribution >= 0.6 is 0 Å². The third-order valence-electron chi connectivity index (χ3n) is 2.52. The molecule has 2 aromatic rings. The number of amides is 1. The van der Waals surface area contributed by atoms with Gasteiger partial charge in [0.15, 0.2) is 0 Å². The van der Waals surface area contributed by atoms with E-state index in [2.05, 4.69) is 10.3 Å². The SMILES string of the molecule is Nc1cc(C(=O)Nc2cc(C(F)(F)F)c[nH]c2=O)ccn1. The summed E-state index contributed by atoms with van der Waals surface area (Å²) in [4.78, 5) is 28.9. The number of nitrogen functional groups attached to an aromatic ring is 1. The van der Waals surface area contributed by atoms with Crippen molar-refractivity contribution in [3.63, 3.8) is 0 Å². The highest BCUT2D eigenvalue weighted by Gasteiger charge is 2.31. The molecule has 1 amide bonds. The second-order valence-electron chi connectivity index (χ2n) is 4.05. The Balaban J connectivity index is 2.31. The Morgan fingerprint density at radius 3 is 2.67 bits per heavy atom. The fourth-order valence-electron chi connectivity index (χ4n) is 1.52. The molecule has 0 aromatic carbocycles. The molecule has 6 nitrogen and oxygen atoms in total. The van der Waals surface area contributed by atoms with Gasteiger partial charge >= 0.3 is 6.18 Å². The van der Waals surface area contributed by atoms with Gasteiger partial charge in [0.25, 0.3) is 11.5 Å². The lowest BCUT2D eigenvalue weighted by atomic mass is 10.2. The first-order valence-electron chi connectivity index (χ1n) is 5.60. The number of carbonyl (C=O) groups excluding carboxylic acids is 1. The fraction of sp³-hybridized carbons (Fsp3) is 0.0833. The maximum atomic E-state index is 12.6. The summed E-state index contributed by atoms with van der Waals surface area (Å²) < 4.78 is 37.7. The number of rotatable bonds is 2. The van der Waals surface area contributed by atoms with Crippen LogP contribution in [0.15, 0.2) is 35.4 Å². The number of alkyl halides is 3. The van der Waals surface area contributed by atoms with Crippen LogP contribution in [-0.4, -0.2) is 15.9 Å². The molecule has 2 rings (SSSR count). The Morgan fingerprint density at radius 1 is 1.33 bits per heavy atom. The van der Waals surface area contributed by atoms with E-state index in [4.69, 9.17) is 5.73 Å². The van der Waals surface area contributed by atoms with Crippen molar-refractivity contribution in [1.82, 2.24) is 9.97 Å². The lowest BCUT2D eigenvalue weighted by Gasteiger charge is -2.09. The number of aromatic nitrogens is 2. The van der Waals surface area contributed by atoms with Crippen molar-refractivity contribution >= 4 is 17.4 Å². The summed E-state index contributed by atoms with van der Waals surface area (Å²) in [6.45, 7) is 0. The molecule has 9 heteroatoms. The highest BCUT2D eigenvalue weighted by molar-refractivity contribution is 6.04. The lowest BCUT2D eigenvalue weighted by molar-refractivity contribution is -0.137. The van der Waals surface area contributed by atoms with Gasteiger partial charge in [-0.1, -0.05) is 0 Å². The van der Waals surface area contributed by atoms with Gasteiger partial charge in [0.2, 0.25) is 0 Å². The zero-order valence-electron chi connectivity index (χ0n) is 10.4. The number of carbonyl (C=O) groups is 1. The Hall–Kier alpha value is -2.84. The van der Waals surface area contributed by atoms with Crippen molar-refractivity contribution in [1.29, 1.82) is 0 Å². The number of nitrogens with zero attached hydrogens (tertiary/aromatic N) is 1. The normalized spacial score (nSPS) is 11.2.